The summed E-state index contributed by atoms with van der Waals surface area (Å²) in [6, 6.07) is 14.3. The van der Waals surface area contributed by atoms with Gasteiger partial charge in [-0.2, -0.15) is 0 Å². The van der Waals surface area contributed by atoms with E-state index in [4.69, 9.17) is 21.1 Å². The van der Waals surface area contributed by atoms with Gasteiger partial charge in [0.25, 0.3) is 0 Å². The number of thioether (sulfide) groups is 1. The van der Waals surface area contributed by atoms with E-state index in [1.807, 2.05) is 30.0 Å². The van der Waals surface area contributed by atoms with Crippen molar-refractivity contribution in [3.05, 3.63) is 53.6 Å². The Bertz CT molecular complexity index is 630. The van der Waals surface area contributed by atoms with Crippen LogP contribution in [0, 0.1) is 0 Å². The first-order chi connectivity index (χ1) is 10.3. The fourth-order valence-corrected chi connectivity index (χ4v) is 3.92. The van der Waals surface area contributed by atoms with E-state index in [2.05, 4.69) is 24.3 Å². The summed E-state index contributed by atoms with van der Waals surface area (Å²) < 4.78 is 11.3. The fourth-order valence-electron chi connectivity index (χ4n) is 2.46. The molecule has 0 amide bonds. The van der Waals surface area contributed by atoms with E-state index in [9.17, 15) is 0 Å². The van der Waals surface area contributed by atoms with Crippen molar-refractivity contribution >= 4 is 23.4 Å². The molecule has 2 aromatic rings. The summed E-state index contributed by atoms with van der Waals surface area (Å²) in [4.78, 5) is 1.37. The van der Waals surface area contributed by atoms with Crippen molar-refractivity contribution in [3.8, 4) is 11.5 Å². The minimum atomic E-state index is 0.431. The maximum atomic E-state index is 6.03. The normalized spacial score (nSPS) is 16.6. The minimum absolute atomic E-state index is 0.431. The summed E-state index contributed by atoms with van der Waals surface area (Å²) in [5.74, 6) is 3.55. The molecule has 1 aliphatic heterocycles. The molecule has 21 heavy (non-hydrogen) atoms. The topological polar surface area (TPSA) is 18.5 Å². The maximum absolute atomic E-state index is 6.03. The van der Waals surface area contributed by atoms with Gasteiger partial charge in [-0.1, -0.05) is 24.3 Å². The van der Waals surface area contributed by atoms with E-state index in [-0.39, 0.29) is 0 Å². The van der Waals surface area contributed by atoms with Crippen LogP contribution >= 0.6 is 23.4 Å². The first kappa shape index (κ1) is 14.6. The SMILES string of the molecule is COc1ccc(CCl)c(OCC2CSc3ccccc32)c1. The third kappa shape index (κ3) is 3.14. The number of ether oxygens (including phenoxy) is 2. The number of alkyl halides is 1. The summed E-state index contributed by atoms with van der Waals surface area (Å²) >= 11 is 7.88. The third-order valence-corrected chi connectivity index (χ3v) is 5.20. The molecule has 2 nitrogen and oxygen atoms in total. The average molecular weight is 321 g/mol. The predicted molar refractivity (Wildman–Crippen MR) is 88.0 cm³/mol. The number of benzene rings is 2. The van der Waals surface area contributed by atoms with Gasteiger partial charge < -0.3 is 9.47 Å². The van der Waals surface area contributed by atoms with Gasteiger partial charge in [-0.05, 0) is 17.7 Å². The molecule has 2 aromatic carbocycles. The molecule has 0 N–H and O–H groups in total. The van der Waals surface area contributed by atoms with Crippen molar-refractivity contribution in [2.45, 2.75) is 16.7 Å². The molecule has 3 rings (SSSR count). The van der Waals surface area contributed by atoms with Crippen LogP contribution < -0.4 is 9.47 Å². The lowest BCUT2D eigenvalue weighted by Crippen LogP contribution is -2.10. The van der Waals surface area contributed by atoms with Crippen LogP contribution in [0.4, 0.5) is 0 Å². The summed E-state index contributed by atoms with van der Waals surface area (Å²) in [5, 5.41) is 0. The molecule has 0 radical (unpaired) electrons. The highest BCUT2D eigenvalue weighted by Crippen LogP contribution is 2.39. The lowest BCUT2D eigenvalue weighted by molar-refractivity contribution is 0.293. The van der Waals surface area contributed by atoms with Crippen LogP contribution in [0.3, 0.4) is 0 Å². The number of hydrogen-bond acceptors (Lipinski definition) is 3. The van der Waals surface area contributed by atoms with Crippen molar-refractivity contribution in [1.82, 2.24) is 0 Å². The standard InChI is InChI=1S/C17H17ClO2S/c1-19-14-7-6-12(9-18)16(8-14)20-10-13-11-21-17-5-3-2-4-15(13)17/h2-8,13H,9-11H2,1H3. The minimum Gasteiger partial charge on any atom is -0.497 e. The number of fused-ring (bicyclic) bond motifs is 1. The van der Waals surface area contributed by atoms with Gasteiger partial charge in [0, 0.05) is 28.2 Å². The number of hydrogen-bond donors (Lipinski definition) is 0. The Kier molecular flexibility index (Phi) is 4.61. The maximum Gasteiger partial charge on any atom is 0.127 e. The highest BCUT2D eigenvalue weighted by atomic mass is 35.5. The quantitative estimate of drug-likeness (QED) is 0.744. The van der Waals surface area contributed by atoms with Crippen LogP contribution in [0.25, 0.3) is 0 Å². The Morgan fingerprint density at radius 1 is 1.24 bits per heavy atom. The third-order valence-electron chi connectivity index (χ3n) is 3.66. The molecule has 0 fully saturated rings. The number of methoxy groups -OCH3 is 1. The lowest BCUT2D eigenvalue weighted by atomic mass is 10.0. The largest absolute Gasteiger partial charge is 0.497 e. The van der Waals surface area contributed by atoms with Crippen molar-refractivity contribution < 1.29 is 9.47 Å². The zero-order chi connectivity index (χ0) is 14.7. The van der Waals surface area contributed by atoms with Crippen LogP contribution in [-0.4, -0.2) is 19.5 Å². The van der Waals surface area contributed by atoms with Gasteiger partial charge in [-0.15, -0.1) is 23.4 Å². The molecular formula is C17H17ClO2S. The Balaban J connectivity index is 1.74. The van der Waals surface area contributed by atoms with Crippen LogP contribution in [0.15, 0.2) is 47.4 Å². The first-order valence-corrected chi connectivity index (χ1v) is 8.41. The Hall–Kier alpha value is -1.32. The molecular weight excluding hydrogens is 304 g/mol. The molecule has 0 aromatic heterocycles. The summed E-state index contributed by atoms with van der Waals surface area (Å²) in [6.07, 6.45) is 0. The van der Waals surface area contributed by atoms with Crippen LogP contribution in [0.2, 0.25) is 0 Å². The molecule has 110 valence electrons. The zero-order valence-corrected chi connectivity index (χ0v) is 13.4. The monoisotopic (exact) mass is 320 g/mol. The van der Waals surface area contributed by atoms with E-state index >= 15 is 0 Å². The Labute approximate surface area is 134 Å². The van der Waals surface area contributed by atoms with Crippen LogP contribution in [0.1, 0.15) is 17.0 Å². The van der Waals surface area contributed by atoms with Gasteiger partial charge in [0.1, 0.15) is 11.5 Å². The lowest BCUT2D eigenvalue weighted by Gasteiger charge is -2.15. The average Bonchev–Trinajstić information content (AvgIpc) is 2.96. The van der Waals surface area contributed by atoms with E-state index in [0.717, 1.165) is 22.8 Å². The van der Waals surface area contributed by atoms with Gasteiger partial charge >= 0.3 is 0 Å². The van der Waals surface area contributed by atoms with Crippen molar-refractivity contribution in [2.75, 3.05) is 19.5 Å². The van der Waals surface area contributed by atoms with Gasteiger partial charge in [0.2, 0.25) is 0 Å². The van der Waals surface area contributed by atoms with Gasteiger partial charge in [-0.3, -0.25) is 0 Å². The van der Waals surface area contributed by atoms with Gasteiger partial charge in [0.05, 0.1) is 19.6 Å². The van der Waals surface area contributed by atoms with Crippen molar-refractivity contribution in [2.24, 2.45) is 0 Å². The molecule has 1 atom stereocenters. The second-order valence-corrected chi connectivity index (χ2v) is 6.29. The van der Waals surface area contributed by atoms with E-state index in [1.54, 1.807) is 7.11 Å². The Morgan fingerprint density at radius 3 is 2.90 bits per heavy atom. The van der Waals surface area contributed by atoms with Crippen molar-refractivity contribution in [1.29, 1.82) is 0 Å². The second-order valence-electron chi connectivity index (χ2n) is 4.96. The summed E-state index contributed by atoms with van der Waals surface area (Å²) in [6.45, 7) is 0.668. The zero-order valence-electron chi connectivity index (χ0n) is 11.8. The van der Waals surface area contributed by atoms with Crippen LogP contribution in [0.5, 0.6) is 11.5 Å². The number of rotatable bonds is 5. The molecule has 4 heteroatoms. The molecule has 1 aliphatic rings. The molecule has 0 bridgehead atoms. The van der Waals surface area contributed by atoms with E-state index in [1.165, 1.54) is 10.5 Å². The van der Waals surface area contributed by atoms with Crippen LogP contribution in [-0.2, 0) is 5.88 Å². The fraction of sp³-hybridized carbons (Fsp3) is 0.294. The van der Waals surface area contributed by atoms with E-state index in [0.29, 0.717) is 18.4 Å². The Morgan fingerprint density at radius 2 is 2.10 bits per heavy atom. The second kappa shape index (κ2) is 6.63. The molecule has 1 heterocycles. The van der Waals surface area contributed by atoms with E-state index < -0.39 is 0 Å². The number of halogens is 1. The molecule has 0 saturated heterocycles. The summed E-state index contributed by atoms with van der Waals surface area (Å²) in [7, 11) is 1.66. The molecule has 0 saturated carbocycles. The van der Waals surface area contributed by atoms with Gasteiger partial charge in [0.15, 0.2) is 0 Å². The highest BCUT2D eigenvalue weighted by molar-refractivity contribution is 7.99. The predicted octanol–water partition coefficient (Wildman–Crippen LogP) is 4.70. The first-order valence-electron chi connectivity index (χ1n) is 6.89. The van der Waals surface area contributed by atoms with Crippen molar-refractivity contribution in [3.63, 3.8) is 0 Å². The molecule has 0 spiro atoms. The highest BCUT2D eigenvalue weighted by Gasteiger charge is 2.23. The summed E-state index contributed by atoms with van der Waals surface area (Å²) in [5.41, 5.74) is 2.38. The van der Waals surface area contributed by atoms with Gasteiger partial charge in [-0.25, -0.2) is 0 Å². The smallest absolute Gasteiger partial charge is 0.127 e. The molecule has 0 aliphatic carbocycles. The molecule has 1 unspecified atom stereocenters.